The summed E-state index contributed by atoms with van der Waals surface area (Å²) in [6.07, 6.45) is -0.999. The molecule has 180 valence electrons. The first-order valence-electron chi connectivity index (χ1n) is 11.4. The third-order valence-electron chi connectivity index (χ3n) is 6.82. The van der Waals surface area contributed by atoms with Gasteiger partial charge in [0, 0.05) is 13.0 Å². The molecular weight excluding hydrogens is 461 g/mol. The summed E-state index contributed by atoms with van der Waals surface area (Å²) < 4.78 is 47.1. The summed E-state index contributed by atoms with van der Waals surface area (Å²) in [4.78, 5) is 0. The molecule has 0 radical (unpaired) electrons. The number of fused-ring (bicyclic) bond motifs is 1. The van der Waals surface area contributed by atoms with E-state index in [1.165, 1.54) is 11.6 Å². The Morgan fingerprint density at radius 3 is 2.50 bits per heavy atom. The highest BCUT2D eigenvalue weighted by molar-refractivity contribution is 5.85. The van der Waals surface area contributed by atoms with Crippen molar-refractivity contribution in [2.45, 2.75) is 37.9 Å². The molecule has 0 spiro atoms. The number of alkyl halides is 3. The standard InChI is InChI=1S/C27H27F3N2O.ClH/c28-27(29,30)24-11-5-4-10-23(24)21-16-20-12-14-33-26(20)22(17-21)15-19-9-6-13-32(31)25(19)18-7-2-1-3-8-18;/h1-5,7-8,10-11,16-17,19,25H,6,9,12-15,31H2;1H/t19-,25+;/m0./s1. The van der Waals surface area contributed by atoms with E-state index < -0.39 is 11.7 Å². The first-order valence-corrected chi connectivity index (χ1v) is 11.4. The Morgan fingerprint density at radius 2 is 1.74 bits per heavy atom. The summed E-state index contributed by atoms with van der Waals surface area (Å²) in [6, 6.07) is 19.8. The fraction of sp³-hybridized carbons (Fsp3) is 0.333. The van der Waals surface area contributed by atoms with Crippen LogP contribution in [0.4, 0.5) is 13.2 Å². The molecule has 3 aromatic rings. The van der Waals surface area contributed by atoms with E-state index in [-0.39, 0.29) is 29.9 Å². The van der Waals surface area contributed by atoms with Gasteiger partial charge in [-0.1, -0.05) is 48.5 Å². The van der Waals surface area contributed by atoms with E-state index >= 15 is 0 Å². The fourth-order valence-electron chi connectivity index (χ4n) is 5.39. The van der Waals surface area contributed by atoms with Gasteiger partial charge in [0.15, 0.2) is 0 Å². The van der Waals surface area contributed by atoms with Crippen molar-refractivity contribution in [2.75, 3.05) is 13.2 Å². The summed E-state index contributed by atoms with van der Waals surface area (Å²) in [6.45, 7) is 1.38. The average Bonchev–Trinajstić information content (AvgIpc) is 3.28. The van der Waals surface area contributed by atoms with E-state index in [1.54, 1.807) is 12.1 Å². The van der Waals surface area contributed by atoms with Gasteiger partial charge in [0.2, 0.25) is 0 Å². The van der Waals surface area contributed by atoms with E-state index in [1.807, 2.05) is 35.3 Å². The molecule has 0 aliphatic carbocycles. The second kappa shape index (κ2) is 9.98. The summed E-state index contributed by atoms with van der Waals surface area (Å²) in [5.74, 6) is 7.51. The van der Waals surface area contributed by atoms with Crippen molar-refractivity contribution in [2.24, 2.45) is 11.8 Å². The van der Waals surface area contributed by atoms with Crippen LogP contribution >= 0.6 is 12.4 Å². The molecule has 5 rings (SSSR count). The second-order valence-corrected chi connectivity index (χ2v) is 8.97. The number of nitrogens with two attached hydrogens (primary N) is 1. The van der Waals surface area contributed by atoms with Crippen LogP contribution in [-0.4, -0.2) is 18.2 Å². The van der Waals surface area contributed by atoms with Crippen molar-refractivity contribution in [1.82, 2.24) is 5.01 Å². The van der Waals surface area contributed by atoms with Crippen molar-refractivity contribution in [3.8, 4) is 16.9 Å². The topological polar surface area (TPSA) is 38.5 Å². The lowest BCUT2D eigenvalue weighted by atomic mass is 9.80. The fourth-order valence-corrected chi connectivity index (χ4v) is 5.39. The number of hydrogen-bond donors (Lipinski definition) is 1. The van der Waals surface area contributed by atoms with Gasteiger partial charge in [0.05, 0.1) is 18.2 Å². The number of nitrogens with zero attached hydrogens (tertiary/aromatic N) is 1. The Morgan fingerprint density at radius 1 is 1.00 bits per heavy atom. The molecule has 3 nitrogen and oxygen atoms in total. The molecule has 7 heteroatoms. The number of hydrogen-bond acceptors (Lipinski definition) is 3. The van der Waals surface area contributed by atoms with Crippen LogP contribution in [0.25, 0.3) is 11.1 Å². The number of rotatable bonds is 4. The van der Waals surface area contributed by atoms with Crippen LogP contribution in [0.15, 0.2) is 66.7 Å². The summed E-state index contributed by atoms with van der Waals surface area (Å²) in [5.41, 5.74) is 3.32. The molecule has 1 fully saturated rings. The van der Waals surface area contributed by atoms with E-state index in [9.17, 15) is 13.2 Å². The van der Waals surface area contributed by atoms with Crippen LogP contribution in [0, 0.1) is 5.92 Å². The predicted octanol–water partition coefficient (Wildman–Crippen LogP) is 6.60. The summed E-state index contributed by atoms with van der Waals surface area (Å²) >= 11 is 0. The molecular formula is C27H28ClF3N2O. The Hall–Kier alpha value is -2.54. The van der Waals surface area contributed by atoms with Gasteiger partial charge < -0.3 is 4.74 Å². The van der Waals surface area contributed by atoms with E-state index in [0.29, 0.717) is 25.0 Å². The average molecular weight is 489 g/mol. The highest BCUT2D eigenvalue weighted by Crippen LogP contribution is 2.43. The van der Waals surface area contributed by atoms with Crippen LogP contribution in [-0.2, 0) is 19.0 Å². The zero-order valence-corrected chi connectivity index (χ0v) is 19.5. The van der Waals surface area contributed by atoms with Crippen LogP contribution in [0.5, 0.6) is 5.75 Å². The molecule has 2 N–H and O–H groups in total. The SMILES string of the molecule is Cl.NN1CCC[C@@H](Cc2cc(-c3ccccc3C(F)(F)F)cc3c2OCC3)[C@H]1c1ccccc1. The van der Waals surface area contributed by atoms with E-state index in [4.69, 9.17) is 10.6 Å². The van der Waals surface area contributed by atoms with Crippen molar-refractivity contribution in [3.63, 3.8) is 0 Å². The minimum Gasteiger partial charge on any atom is -0.493 e. The van der Waals surface area contributed by atoms with Gasteiger partial charge in [-0.25, -0.2) is 5.01 Å². The molecule has 2 aliphatic rings. The Labute approximate surface area is 204 Å². The monoisotopic (exact) mass is 488 g/mol. The van der Waals surface area contributed by atoms with Crippen molar-refractivity contribution in [1.29, 1.82) is 0 Å². The highest BCUT2D eigenvalue weighted by atomic mass is 35.5. The van der Waals surface area contributed by atoms with Gasteiger partial charge in [-0.15, -0.1) is 12.4 Å². The Kier molecular flexibility index (Phi) is 7.22. The number of halogens is 4. The van der Waals surface area contributed by atoms with Crippen LogP contribution in [0.1, 0.15) is 41.1 Å². The molecule has 2 aliphatic heterocycles. The van der Waals surface area contributed by atoms with Crippen molar-refractivity contribution < 1.29 is 17.9 Å². The van der Waals surface area contributed by atoms with Gasteiger partial charge in [-0.3, -0.25) is 5.84 Å². The van der Waals surface area contributed by atoms with Crippen LogP contribution < -0.4 is 10.6 Å². The quantitative estimate of drug-likeness (QED) is 0.420. The van der Waals surface area contributed by atoms with Gasteiger partial charge >= 0.3 is 6.18 Å². The molecule has 0 aromatic heterocycles. The number of benzene rings is 3. The van der Waals surface area contributed by atoms with Gasteiger partial charge in [0.25, 0.3) is 0 Å². The molecule has 0 unspecified atom stereocenters. The Balaban J connectivity index is 0.00000274. The van der Waals surface area contributed by atoms with E-state index in [2.05, 4.69) is 12.1 Å². The van der Waals surface area contributed by atoms with Crippen LogP contribution in [0.2, 0.25) is 0 Å². The van der Waals surface area contributed by atoms with Crippen molar-refractivity contribution in [3.05, 3.63) is 89.0 Å². The van der Waals surface area contributed by atoms with Crippen LogP contribution in [0.3, 0.4) is 0 Å². The maximum Gasteiger partial charge on any atom is 0.417 e. The van der Waals surface area contributed by atoms with E-state index in [0.717, 1.165) is 42.3 Å². The molecule has 0 saturated carbocycles. The Bertz CT molecular complexity index is 1140. The van der Waals surface area contributed by atoms with Gasteiger partial charge in [-0.05, 0) is 71.2 Å². The maximum atomic E-state index is 13.7. The third-order valence-corrected chi connectivity index (χ3v) is 6.82. The zero-order valence-electron chi connectivity index (χ0n) is 18.7. The highest BCUT2D eigenvalue weighted by Gasteiger charge is 2.35. The lowest BCUT2D eigenvalue weighted by Gasteiger charge is -2.39. The zero-order chi connectivity index (χ0) is 23.0. The van der Waals surface area contributed by atoms with Gasteiger partial charge in [0.1, 0.15) is 5.75 Å². The molecule has 2 heterocycles. The number of hydrazine groups is 1. The lowest BCUT2D eigenvalue weighted by Crippen LogP contribution is -2.44. The molecule has 2 atom stereocenters. The normalized spacial score (nSPS) is 20.4. The minimum absolute atomic E-state index is 0. The number of ether oxygens (including phenoxy) is 1. The third kappa shape index (κ3) is 4.81. The van der Waals surface area contributed by atoms with Crippen molar-refractivity contribution >= 4 is 12.4 Å². The molecule has 0 amide bonds. The molecule has 1 saturated heterocycles. The molecule has 3 aromatic carbocycles. The number of piperidine rings is 1. The first-order chi connectivity index (χ1) is 15.9. The minimum atomic E-state index is -4.41. The summed E-state index contributed by atoms with van der Waals surface area (Å²) in [5, 5.41) is 1.91. The second-order valence-electron chi connectivity index (χ2n) is 8.97. The first kappa shape index (κ1) is 24.6. The predicted molar refractivity (Wildman–Crippen MR) is 130 cm³/mol. The lowest BCUT2D eigenvalue weighted by molar-refractivity contribution is -0.137. The molecule has 34 heavy (non-hydrogen) atoms. The van der Waals surface area contributed by atoms with Gasteiger partial charge in [-0.2, -0.15) is 13.2 Å². The maximum absolute atomic E-state index is 13.7. The largest absolute Gasteiger partial charge is 0.493 e. The summed E-state index contributed by atoms with van der Waals surface area (Å²) in [7, 11) is 0. The smallest absolute Gasteiger partial charge is 0.417 e. The molecule has 0 bridgehead atoms.